The molecule has 28 heavy (non-hydrogen) atoms. The standard InChI is InChI=1S/C18H18N4O5S/c1-9(17(24)25)28-15-12-14(21(2)18(26)22(3)16(12)23)19-13(20-15)10-6-5-7-11(8-10)27-4/h5-9H,1-4H3,(H,24,25)/t9-/m0/s1. The highest BCUT2D eigenvalue weighted by Gasteiger charge is 2.22. The first kappa shape index (κ1) is 19.6. The fourth-order valence-corrected chi connectivity index (χ4v) is 3.49. The Labute approximate surface area is 163 Å². The quantitative estimate of drug-likeness (QED) is 0.501. The molecule has 1 aromatic carbocycles. The minimum Gasteiger partial charge on any atom is -0.497 e. The molecule has 0 fully saturated rings. The van der Waals surface area contributed by atoms with Crippen LogP contribution in [-0.4, -0.2) is 42.5 Å². The lowest BCUT2D eigenvalue weighted by Crippen LogP contribution is -2.37. The number of carboxylic acids is 1. The van der Waals surface area contributed by atoms with Crippen molar-refractivity contribution in [3.05, 3.63) is 45.1 Å². The van der Waals surface area contributed by atoms with Gasteiger partial charge in [-0.15, -0.1) is 0 Å². The lowest BCUT2D eigenvalue weighted by atomic mass is 10.2. The summed E-state index contributed by atoms with van der Waals surface area (Å²) in [5.74, 6) is -0.191. The first-order chi connectivity index (χ1) is 13.2. The number of aliphatic carboxylic acids is 1. The Morgan fingerprint density at radius 1 is 1.21 bits per heavy atom. The molecular weight excluding hydrogens is 384 g/mol. The maximum absolute atomic E-state index is 12.7. The largest absolute Gasteiger partial charge is 0.497 e. The number of aryl methyl sites for hydroxylation is 1. The van der Waals surface area contributed by atoms with E-state index in [4.69, 9.17) is 4.74 Å². The minimum atomic E-state index is -1.04. The molecule has 2 aromatic heterocycles. The van der Waals surface area contributed by atoms with Crippen molar-refractivity contribution in [2.24, 2.45) is 14.1 Å². The van der Waals surface area contributed by atoms with Gasteiger partial charge in [0.2, 0.25) is 0 Å². The normalized spacial score (nSPS) is 12.1. The molecule has 1 N–H and O–H groups in total. The molecule has 0 aliphatic rings. The molecule has 0 spiro atoms. The first-order valence-corrected chi connectivity index (χ1v) is 9.14. The van der Waals surface area contributed by atoms with Crippen molar-refractivity contribution < 1.29 is 14.6 Å². The van der Waals surface area contributed by atoms with Crippen LogP contribution < -0.4 is 16.0 Å². The third-order valence-corrected chi connectivity index (χ3v) is 5.30. The van der Waals surface area contributed by atoms with Gasteiger partial charge in [-0.3, -0.25) is 18.7 Å². The van der Waals surface area contributed by atoms with Gasteiger partial charge in [0.15, 0.2) is 11.5 Å². The fraction of sp³-hybridized carbons (Fsp3) is 0.278. The molecule has 0 bridgehead atoms. The van der Waals surface area contributed by atoms with Crippen molar-refractivity contribution in [3.63, 3.8) is 0 Å². The summed E-state index contributed by atoms with van der Waals surface area (Å²) in [6.45, 7) is 1.50. The molecule has 2 heterocycles. The maximum atomic E-state index is 12.7. The number of hydrogen-bond donors (Lipinski definition) is 1. The first-order valence-electron chi connectivity index (χ1n) is 8.26. The van der Waals surface area contributed by atoms with Crippen molar-refractivity contribution >= 4 is 28.8 Å². The van der Waals surface area contributed by atoms with Crippen molar-refractivity contribution in [1.29, 1.82) is 0 Å². The molecule has 0 unspecified atom stereocenters. The van der Waals surface area contributed by atoms with E-state index in [0.717, 1.165) is 16.3 Å². The lowest BCUT2D eigenvalue weighted by molar-refractivity contribution is -0.136. The Morgan fingerprint density at radius 2 is 1.93 bits per heavy atom. The van der Waals surface area contributed by atoms with Crippen LogP contribution in [0.5, 0.6) is 5.75 Å². The molecule has 0 aliphatic carbocycles. The second kappa shape index (κ2) is 7.47. The van der Waals surface area contributed by atoms with E-state index in [0.29, 0.717) is 11.3 Å². The number of methoxy groups -OCH3 is 1. The van der Waals surface area contributed by atoms with Crippen molar-refractivity contribution in [2.45, 2.75) is 17.2 Å². The number of carbonyl (C=O) groups is 1. The highest BCUT2D eigenvalue weighted by atomic mass is 32.2. The summed E-state index contributed by atoms with van der Waals surface area (Å²) in [5.41, 5.74) is -0.356. The van der Waals surface area contributed by atoms with E-state index in [2.05, 4.69) is 9.97 Å². The number of hydrogen-bond acceptors (Lipinski definition) is 7. The Morgan fingerprint density at radius 3 is 2.57 bits per heavy atom. The van der Waals surface area contributed by atoms with Crippen LogP contribution in [-0.2, 0) is 18.9 Å². The van der Waals surface area contributed by atoms with Crippen molar-refractivity contribution in [3.8, 4) is 17.1 Å². The minimum absolute atomic E-state index is 0.106. The van der Waals surface area contributed by atoms with Crippen LogP contribution in [0.25, 0.3) is 22.4 Å². The molecule has 0 radical (unpaired) electrons. The van der Waals surface area contributed by atoms with E-state index in [1.54, 1.807) is 24.3 Å². The SMILES string of the molecule is COc1cccc(-c2nc(S[C@@H](C)C(=O)O)c3c(=O)n(C)c(=O)n(C)c3n2)c1. The predicted molar refractivity (Wildman–Crippen MR) is 105 cm³/mol. The molecule has 0 saturated carbocycles. The molecule has 0 saturated heterocycles. The second-order valence-corrected chi connectivity index (χ2v) is 7.42. The van der Waals surface area contributed by atoms with Gasteiger partial charge < -0.3 is 9.84 Å². The number of fused-ring (bicyclic) bond motifs is 1. The predicted octanol–water partition coefficient (Wildman–Crippen LogP) is 1.27. The zero-order chi connectivity index (χ0) is 20.6. The van der Waals surface area contributed by atoms with E-state index in [9.17, 15) is 19.5 Å². The number of aromatic nitrogens is 4. The van der Waals surface area contributed by atoms with Gasteiger partial charge in [0, 0.05) is 19.7 Å². The van der Waals surface area contributed by atoms with Gasteiger partial charge in [0.1, 0.15) is 21.4 Å². The Balaban J connectivity index is 2.37. The van der Waals surface area contributed by atoms with Crippen LogP contribution in [0.3, 0.4) is 0 Å². The van der Waals surface area contributed by atoms with Gasteiger partial charge in [-0.25, -0.2) is 14.8 Å². The summed E-state index contributed by atoms with van der Waals surface area (Å²) >= 11 is 0.927. The van der Waals surface area contributed by atoms with E-state index in [1.165, 1.54) is 32.7 Å². The number of benzene rings is 1. The number of rotatable bonds is 5. The van der Waals surface area contributed by atoms with Gasteiger partial charge in [-0.2, -0.15) is 0 Å². The molecule has 3 aromatic rings. The molecule has 9 nitrogen and oxygen atoms in total. The van der Waals surface area contributed by atoms with Gasteiger partial charge in [0.25, 0.3) is 5.56 Å². The van der Waals surface area contributed by atoms with Crippen molar-refractivity contribution in [1.82, 2.24) is 19.1 Å². The molecule has 146 valence electrons. The molecule has 10 heteroatoms. The van der Waals surface area contributed by atoms with Crippen LogP contribution in [0.1, 0.15) is 6.92 Å². The van der Waals surface area contributed by atoms with Gasteiger partial charge in [-0.05, 0) is 19.1 Å². The van der Waals surface area contributed by atoms with E-state index in [1.807, 2.05) is 0 Å². The monoisotopic (exact) mass is 402 g/mol. The molecule has 0 amide bonds. The Kier molecular flexibility index (Phi) is 5.23. The number of ether oxygens (including phenoxy) is 1. The summed E-state index contributed by atoms with van der Waals surface area (Å²) in [7, 11) is 4.39. The summed E-state index contributed by atoms with van der Waals surface area (Å²) in [4.78, 5) is 45.2. The highest BCUT2D eigenvalue weighted by molar-refractivity contribution is 8.00. The van der Waals surface area contributed by atoms with E-state index >= 15 is 0 Å². The Hall–Kier alpha value is -3.14. The van der Waals surface area contributed by atoms with Crippen LogP contribution in [0.4, 0.5) is 0 Å². The number of thioether (sulfide) groups is 1. The highest BCUT2D eigenvalue weighted by Crippen LogP contribution is 2.29. The topological polar surface area (TPSA) is 116 Å². The van der Waals surface area contributed by atoms with Crippen LogP contribution in [0.15, 0.2) is 38.9 Å². The average molecular weight is 402 g/mol. The third-order valence-electron chi connectivity index (χ3n) is 4.23. The second-order valence-electron chi connectivity index (χ2n) is 6.09. The Bertz CT molecular complexity index is 1200. The zero-order valence-corrected chi connectivity index (χ0v) is 16.5. The molecule has 3 rings (SSSR count). The third kappa shape index (κ3) is 3.38. The van der Waals surface area contributed by atoms with Crippen LogP contribution in [0, 0.1) is 0 Å². The van der Waals surface area contributed by atoms with Gasteiger partial charge >= 0.3 is 11.7 Å². The maximum Gasteiger partial charge on any atom is 0.332 e. The molecule has 0 aliphatic heterocycles. The summed E-state index contributed by atoms with van der Waals surface area (Å²) in [5, 5.41) is 8.73. The zero-order valence-electron chi connectivity index (χ0n) is 15.7. The van der Waals surface area contributed by atoms with Crippen LogP contribution >= 0.6 is 11.8 Å². The van der Waals surface area contributed by atoms with Crippen molar-refractivity contribution in [2.75, 3.05) is 7.11 Å². The fourth-order valence-electron chi connectivity index (χ4n) is 2.62. The van der Waals surface area contributed by atoms with E-state index in [-0.39, 0.29) is 21.9 Å². The summed E-state index contributed by atoms with van der Waals surface area (Å²) < 4.78 is 7.42. The smallest absolute Gasteiger partial charge is 0.332 e. The van der Waals surface area contributed by atoms with E-state index < -0.39 is 22.5 Å². The number of nitrogens with zero attached hydrogens (tertiary/aromatic N) is 4. The summed E-state index contributed by atoms with van der Waals surface area (Å²) in [6.07, 6.45) is 0. The number of carboxylic acid groups (broad SMARTS) is 1. The van der Waals surface area contributed by atoms with Gasteiger partial charge in [0.05, 0.1) is 7.11 Å². The molecular formula is C18H18N4O5S. The summed E-state index contributed by atoms with van der Waals surface area (Å²) in [6, 6.07) is 7.00. The average Bonchev–Trinajstić information content (AvgIpc) is 2.69. The van der Waals surface area contributed by atoms with Crippen LogP contribution in [0.2, 0.25) is 0 Å². The molecule has 1 atom stereocenters. The lowest BCUT2D eigenvalue weighted by Gasteiger charge is -2.13. The van der Waals surface area contributed by atoms with Gasteiger partial charge in [-0.1, -0.05) is 23.9 Å².